The van der Waals surface area contributed by atoms with Crippen LogP contribution >= 0.6 is 0 Å². The Hall–Kier alpha value is -1.77. The Morgan fingerprint density at radius 2 is 2.06 bits per heavy atom. The number of hydrogen-bond donors (Lipinski definition) is 1. The summed E-state index contributed by atoms with van der Waals surface area (Å²) in [5, 5.41) is 4.31. The third-order valence-corrected chi connectivity index (χ3v) is 2.39. The highest BCUT2D eigenvalue weighted by atomic mass is 16.5. The molecule has 2 rings (SSSR count). The van der Waals surface area contributed by atoms with Crippen molar-refractivity contribution in [2.45, 2.75) is 26.9 Å². The number of ether oxygens (including phenoxy) is 1. The fraction of sp³-hybridized carbons (Fsp3) is 0.357. The third-order valence-electron chi connectivity index (χ3n) is 2.39. The van der Waals surface area contributed by atoms with E-state index in [1.165, 1.54) is 0 Å². The number of rotatable bonds is 4. The second kappa shape index (κ2) is 5.04. The van der Waals surface area contributed by atoms with Crippen LogP contribution < -0.4 is 10.1 Å². The van der Waals surface area contributed by atoms with Crippen molar-refractivity contribution in [2.75, 3.05) is 11.9 Å². The summed E-state index contributed by atoms with van der Waals surface area (Å²) in [6.45, 7) is 6.99. The zero-order valence-corrected chi connectivity index (χ0v) is 10.5. The van der Waals surface area contributed by atoms with Crippen LogP contribution in [0.1, 0.15) is 20.8 Å². The molecule has 0 bridgehead atoms. The molecule has 2 aromatic rings. The number of benzene rings is 1. The van der Waals surface area contributed by atoms with Gasteiger partial charge in [0, 0.05) is 11.9 Å². The van der Waals surface area contributed by atoms with E-state index in [1.54, 1.807) is 0 Å². The molecule has 0 spiro atoms. The highest BCUT2D eigenvalue weighted by Gasteiger charge is 2.01. The van der Waals surface area contributed by atoms with Crippen molar-refractivity contribution < 1.29 is 4.74 Å². The van der Waals surface area contributed by atoms with Crippen LogP contribution in [0.15, 0.2) is 30.3 Å². The lowest BCUT2D eigenvalue weighted by Crippen LogP contribution is -2.05. The summed E-state index contributed by atoms with van der Waals surface area (Å²) in [5.41, 5.74) is 0.986. The summed E-state index contributed by atoms with van der Waals surface area (Å²) in [4.78, 5) is 4.52. The molecule has 1 aromatic heterocycles. The molecule has 1 heterocycles. The summed E-state index contributed by atoms with van der Waals surface area (Å²) >= 11 is 0. The summed E-state index contributed by atoms with van der Waals surface area (Å²) in [7, 11) is 0. The molecule has 1 N–H and O–H groups in total. The van der Waals surface area contributed by atoms with Crippen LogP contribution in [-0.2, 0) is 0 Å². The maximum Gasteiger partial charge on any atom is 0.126 e. The highest BCUT2D eigenvalue weighted by molar-refractivity contribution is 5.81. The minimum absolute atomic E-state index is 0.196. The van der Waals surface area contributed by atoms with Crippen molar-refractivity contribution in [3.63, 3.8) is 0 Å². The molecule has 0 radical (unpaired) electrons. The van der Waals surface area contributed by atoms with E-state index in [2.05, 4.69) is 23.3 Å². The number of anilines is 1. The molecule has 17 heavy (non-hydrogen) atoms. The van der Waals surface area contributed by atoms with Gasteiger partial charge in [0.05, 0.1) is 11.6 Å². The fourth-order valence-electron chi connectivity index (χ4n) is 1.73. The van der Waals surface area contributed by atoms with Gasteiger partial charge in [-0.2, -0.15) is 0 Å². The van der Waals surface area contributed by atoms with E-state index in [4.69, 9.17) is 4.74 Å². The van der Waals surface area contributed by atoms with Gasteiger partial charge < -0.3 is 10.1 Å². The molecular weight excluding hydrogens is 212 g/mol. The van der Waals surface area contributed by atoms with Crippen LogP contribution in [0.25, 0.3) is 10.9 Å². The zero-order valence-electron chi connectivity index (χ0n) is 10.5. The molecule has 0 unspecified atom stereocenters. The number of nitrogens with zero attached hydrogens (tertiary/aromatic N) is 1. The second-order valence-corrected chi connectivity index (χ2v) is 4.25. The average Bonchev–Trinajstić information content (AvgIpc) is 2.29. The lowest BCUT2D eigenvalue weighted by atomic mass is 10.2. The second-order valence-electron chi connectivity index (χ2n) is 4.25. The number of aromatic nitrogens is 1. The van der Waals surface area contributed by atoms with E-state index in [1.807, 2.05) is 38.1 Å². The van der Waals surface area contributed by atoms with Crippen molar-refractivity contribution >= 4 is 16.7 Å². The Kier molecular flexibility index (Phi) is 3.47. The minimum atomic E-state index is 0.196. The monoisotopic (exact) mass is 230 g/mol. The first-order chi connectivity index (χ1) is 8.19. The largest absolute Gasteiger partial charge is 0.491 e. The number of hydrogen-bond acceptors (Lipinski definition) is 3. The standard InChI is InChI=1S/C14H18N2O/c1-4-15-14-8-5-11-9-12(17-10(2)3)6-7-13(11)16-14/h5-10H,4H2,1-3H3,(H,15,16). The predicted molar refractivity (Wildman–Crippen MR) is 71.7 cm³/mol. The van der Waals surface area contributed by atoms with E-state index in [0.717, 1.165) is 29.0 Å². The van der Waals surface area contributed by atoms with Gasteiger partial charge in [-0.1, -0.05) is 0 Å². The number of nitrogens with one attached hydrogen (secondary N) is 1. The van der Waals surface area contributed by atoms with Gasteiger partial charge in [-0.15, -0.1) is 0 Å². The van der Waals surface area contributed by atoms with Crippen LogP contribution in [0.4, 0.5) is 5.82 Å². The molecule has 3 heteroatoms. The van der Waals surface area contributed by atoms with Gasteiger partial charge in [-0.05, 0) is 51.1 Å². The maximum absolute atomic E-state index is 5.66. The highest BCUT2D eigenvalue weighted by Crippen LogP contribution is 2.21. The molecule has 0 aliphatic rings. The Morgan fingerprint density at radius 3 is 2.76 bits per heavy atom. The Labute approximate surface area is 102 Å². The van der Waals surface area contributed by atoms with Crippen molar-refractivity contribution in [3.8, 4) is 5.75 Å². The van der Waals surface area contributed by atoms with Gasteiger partial charge in [0.15, 0.2) is 0 Å². The number of pyridine rings is 1. The molecule has 90 valence electrons. The summed E-state index contributed by atoms with van der Waals surface area (Å²) in [6, 6.07) is 10.0. The van der Waals surface area contributed by atoms with E-state index < -0.39 is 0 Å². The van der Waals surface area contributed by atoms with E-state index in [9.17, 15) is 0 Å². The lowest BCUT2D eigenvalue weighted by Gasteiger charge is -2.10. The van der Waals surface area contributed by atoms with Crippen molar-refractivity contribution in [3.05, 3.63) is 30.3 Å². The van der Waals surface area contributed by atoms with Gasteiger partial charge in [-0.25, -0.2) is 4.98 Å². The molecule has 0 fully saturated rings. The topological polar surface area (TPSA) is 34.1 Å². The van der Waals surface area contributed by atoms with E-state index in [0.29, 0.717) is 0 Å². The van der Waals surface area contributed by atoms with Crippen LogP contribution in [0.2, 0.25) is 0 Å². The first kappa shape index (κ1) is 11.7. The maximum atomic E-state index is 5.66. The fourth-order valence-corrected chi connectivity index (χ4v) is 1.73. The molecule has 0 saturated heterocycles. The van der Waals surface area contributed by atoms with Gasteiger partial charge in [-0.3, -0.25) is 0 Å². The molecule has 0 saturated carbocycles. The Morgan fingerprint density at radius 1 is 1.24 bits per heavy atom. The van der Waals surface area contributed by atoms with Gasteiger partial charge in [0.1, 0.15) is 11.6 Å². The summed E-state index contributed by atoms with van der Waals surface area (Å²) in [5.74, 6) is 1.81. The lowest BCUT2D eigenvalue weighted by molar-refractivity contribution is 0.243. The average molecular weight is 230 g/mol. The van der Waals surface area contributed by atoms with Crippen LogP contribution in [0.5, 0.6) is 5.75 Å². The zero-order chi connectivity index (χ0) is 12.3. The molecule has 0 atom stereocenters. The van der Waals surface area contributed by atoms with Gasteiger partial charge in [0.25, 0.3) is 0 Å². The van der Waals surface area contributed by atoms with E-state index >= 15 is 0 Å². The van der Waals surface area contributed by atoms with Crippen molar-refractivity contribution in [1.29, 1.82) is 0 Å². The Balaban J connectivity index is 2.33. The molecule has 1 aromatic carbocycles. The molecule has 3 nitrogen and oxygen atoms in total. The molecular formula is C14H18N2O. The molecule has 0 amide bonds. The third kappa shape index (κ3) is 2.87. The van der Waals surface area contributed by atoms with Crippen LogP contribution in [0, 0.1) is 0 Å². The normalized spacial score (nSPS) is 10.8. The summed E-state index contributed by atoms with van der Waals surface area (Å²) < 4.78 is 5.66. The summed E-state index contributed by atoms with van der Waals surface area (Å²) in [6.07, 6.45) is 0.196. The molecule has 0 aliphatic heterocycles. The molecule has 0 aliphatic carbocycles. The van der Waals surface area contributed by atoms with Gasteiger partial charge in [0.2, 0.25) is 0 Å². The minimum Gasteiger partial charge on any atom is -0.491 e. The van der Waals surface area contributed by atoms with E-state index in [-0.39, 0.29) is 6.10 Å². The quantitative estimate of drug-likeness (QED) is 0.873. The number of fused-ring (bicyclic) bond motifs is 1. The van der Waals surface area contributed by atoms with Crippen molar-refractivity contribution in [1.82, 2.24) is 4.98 Å². The SMILES string of the molecule is CCNc1ccc2cc(OC(C)C)ccc2n1. The first-order valence-electron chi connectivity index (χ1n) is 6.00. The predicted octanol–water partition coefficient (Wildman–Crippen LogP) is 3.45. The van der Waals surface area contributed by atoms with Crippen LogP contribution in [0.3, 0.4) is 0 Å². The smallest absolute Gasteiger partial charge is 0.126 e. The van der Waals surface area contributed by atoms with Crippen LogP contribution in [-0.4, -0.2) is 17.6 Å². The first-order valence-corrected chi connectivity index (χ1v) is 6.00. The van der Waals surface area contributed by atoms with Crippen molar-refractivity contribution in [2.24, 2.45) is 0 Å². The van der Waals surface area contributed by atoms with Gasteiger partial charge >= 0.3 is 0 Å². The Bertz CT molecular complexity index is 509.